The molecule has 0 amide bonds. The number of nitrogens with zero attached hydrogens (tertiary/aromatic N) is 2. The number of aromatic nitrogens is 2. The fourth-order valence-electron chi connectivity index (χ4n) is 2.52. The first kappa shape index (κ1) is 14.9. The van der Waals surface area contributed by atoms with Crippen LogP contribution in [-0.2, 0) is 6.61 Å². The predicted molar refractivity (Wildman–Crippen MR) is 95.4 cm³/mol. The zero-order valence-corrected chi connectivity index (χ0v) is 14.3. The Morgan fingerprint density at radius 3 is 2.79 bits per heavy atom. The Morgan fingerprint density at radius 1 is 1.04 bits per heavy atom. The average molecular weight is 336 g/mol. The van der Waals surface area contributed by atoms with E-state index < -0.39 is 0 Å². The Hall–Kier alpha value is -2.66. The van der Waals surface area contributed by atoms with Crippen LogP contribution in [-0.4, -0.2) is 9.97 Å². The molecule has 0 saturated carbocycles. The van der Waals surface area contributed by atoms with Gasteiger partial charge in [0.25, 0.3) is 0 Å². The van der Waals surface area contributed by atoms with Crippen LogP contribution in [0.2, 0.25) is 0 Å². The second-order valence-electron chi connectivity index (χ2n) is 5.62. The molecule has 0 spiro atoms. The minimum absolute atomic E-state index is 0.408. The zero-order chi connectivity index (χ0) is 16.5. The first-order chi connectivity index (χ1) is 11.7. The molecule has 24 heavy (non-hydrogen) atoms. The summed E-state index contributed by atoms with van der Waals surface area (Å²) in [7, 11) is 0. The van der Waals surface area contributed by atoms with E-state index in [1.807, 2.05) is 55.6 Å². The van der Waals surface area contributed by atoms with Gasteiger partial charge in [0.05, 0.1) is 5.69 Å². The second-order valence-corrected chi connectivity index (χ2v) is 6.48. The molecule has 0 atom stereocenters. The SMILES string of the molecule is Cc1ccc2cccc(OCc3csc(-c4ccc(C)o4)n3)c2n1. The van der Waals surface area contributed by atoms with E-state index in [4.69, 9.17) is 9.15 Å². The van der Waals surface area contributed by atoms with E-state index >= 15 is 0 Å². The van der Waals surface area contributed by atoms with E-state index in [0.717, 1.165) is 44.6 Å². The maximum absolute atomic E-state index is 5.97. The van der Waals surface area contributed by atoms with Crippen molar-refractivity contribution in [3.63, 3.8) is 0 Å². The number of furan rings is 1. The van der Waals surface area contributed by atoms with Gasteiger partial charge < -0.3 is 9.15 Å². The van der Waals surface area contributed by atoms with Gasteiger partial charge in [0, 0.05) is 16.5 Å². The molecule has 5 heteroatoms. The molecule has 0 saturated heterocycles. The van der Waals surface area contributed by atoms with E-state index in [1.54, 1.807) is 11.3 Å². The average Bonchev–Trinajstić information content (AvgIpc) is 3.21. The summed E-state index contributed by atoms with van der Waals surface area (Å²) >= 11 is 1.56. The van der Waals surface area contributed by atoms with E-state index in [2.05, 4.69) is 16.0 Å². The molecule has 1 aromatic carbocycles. The number of benzene rings is 1. The molecule has 0 aliphatic carbocycles. The molecule has 0 N–H and O–H groups in total. The Bertz CT molecular complexity index is 1000. The molecule has 4 aromatic rings. The Balaban J connectivity index is 1.55. The molecule has 3 aromatic heterocycles. The number of para-hydroxylation sites is 1. The van der Waals surface area contributed by atoms with Crippen LogP contribution in [0.5, 0.6) is 5.75 Å². The molecule has 0 aliphatic rings. The standard InChI is InChI=1S/C19H16N2O2S/c1-12-6-8-14-4-3-5-16(18(14)20-12)22-10-15-11-24-19(21-15)17-9-7-13(2)23-17/h3-9,11H,10H2,1-2H3. The van der Waals surface area contributed by atoms with Crippen molar-refractivity contribution >= 4 is 22.2 Å². The van der Waals surface area contributed by atoms with Crippen LogP contribution in [0.15, 0.2) is 52.3 Å². The highest BCUT2D eigenvalue weighted by Crippen LogP contribution is 2.28. The zero-order valence-electron chi connectivity index (χ0n) is 13.4. The largest absolute Gasteiger partial charge is 0.485 e. The van der Waals surface area contributed by atoms with Crippen molar-refractivity contribution in [2.75, 3.05) is 0 Å². The summed E-state index contributed by atoms with van der Waals surface area (Å²) in [6.07, 6.45) is 0. The van der Waals surface area contributed by atoms with Crippen molar-refractivity contribution in [1.82, 2.24) is 9.97 Å². The lowest BCUT2D eigenvalue weighted by Crippen LogP contribution is -1.97. The van der Waals surface area contributed by atoms with Crippen LogP contribution in [0.25, 0.3) is 21.7 Å². The maximum Gasteiger partial charge on any atom is 0.162 e. The fourth-order valence-corrected chi connectivity index (χ4v) is 3.29. The van der Waals surface area contributed by atoms with Gasteiger partial charge in [-0.2, -0.15) is 0 Å². The van der Waals surface area contributed by atoms with Crippen molar-refractivity contribution in [2.45, 2.75) is 20.5 Å². The van der Waals surface area contributed by atoms with Gasteiger partial charge in [-0.1, -0.05) is 18.2 Å². The van der Waals surface area contributed by atoms with Crippen LogP contribution >= 0.6 is 11.3 Å². The van der Waals surface area contributed by atoms with Crippen molar-refractivity contribution in [2.24, 2.45) is 0 Å². The van der Waals surface area contributed by atoms with Crippen LogP contribution in [0.4, 0.5) is 0 Å². The van der Waals surface area contributed by atoms with Crippen molar-refractivity contribution in [1.29, 1.82) is 0 Å². The minimum Gasteiger partial charge on any atom is -0.485 e. The van der Waals surface area contributed by atoms with Crippen LogP contribution < -0.4 is 4.74 Å². The summed E-state index contributed by atoms with van der Waals surface area (Å²) in [6, 6.07) is 13.9. The third-order valence-corrected chi connectivity index (χ3v) is 4.61. The van der Waals surface area contributed by atoms with Crippen molar-refractivity contribution < 1.29 is 9.15 Å². The smallest absolute Gasteiger partial charge is 0.162 e. The third-order valence-electron chi connectivity index (χ3n) is 3.70. The normalized spacial score (nSPS) is 11.1. The Kier molecular flexibility index (Phi) is 3.78. The monoisotopic (exact) mass is 336 g/mol. The third kappa shape index (κ3) is 2.90. The highest BCUT2D eigenvalue weighted by molar-refractivity contribution is 7.13. The molecule has 0 fully saturated rings. The summed E-state index contributed by atoms with van der Waals surface area (Å²) in [5, 5.41) is 3.94. The van der Waals surface area contributed by atoms with E-state index in [-0.39, 0.29) is 0 Å². The molecule has 0 unspecified atom stereocenters. The second kappa shape index (κ2) is 6.09. The van der Waals surface area contributed by atoms with Gasteiger partial charge in [-0.25, -0.2) is 9.97 Å². The van der Waals surface area contributed by atoms with E-state index in [1.165, 1.54) is 0 Å². The first-order valence-corrected chi connectivity index (χ1v) is 8.57. The molecular formula is C19H16N2O2S. The number of ether oxygens (including phenoxy) is 1. The first-order valence-electron chi connectivity index (χ1n) is 7.69. The summed E-state index contributed by atoms with van der Waals surface area (Å²) in [4.78, 5) is 9.17. The number of hydrogen-bond acceptors (Lipinski definition) is 5. The summed E-state index contributed by atoms with van der Waals surface area (Å²) in [6.45, 7) is 4.32. The molecule has 0 bridgehead atoms. The van der Waals surface area contributed by atoms with Crippen LogP contribution in [0, 0.1) is 13.8 Å². The summed E-state index contributed by atoms with van der Waals surface area (Å²) in [5.41, 5.74) is 2.74. The highest BCUT2D eigenvalue weighted by atomic mass is 32.1. The molecule has 0 aliphatic heterocycles. The van der Waals surface area contributed by atoms with Crippen LogP contribution in [0.3, 0.4) is 0 Å². The number of pyridine rings is 1. The minimum atomic E-state index is 0.408. The molecule has 3 heterocycles. The lowest BCUT2D eigenvalue weighted by molar-refractivity contribution is 0.305. The van der Waals surface area contributed by atoms with E-state index in [0.29, 0.717) is 6.61 Å². The lowest BCUT2D eigenvalue weighted by atomic mass is 10.2. The fraction of sp³-hybridized carbons (Fsp3) is 0.158. The Morgan fingerprint density at radius 2 is 1.96 bits per heavy atom. The van der Waals surface area contributed by atoms with Crippen LogP contribution in [0.1, 0.15) is 17.1 Å². The Labute approximate surface area is 143 Å². The number of hydrogen-bond donors (Lipinski definition) is 0. The van der Waals surface area contributed by atoms with Crippen molar-refractivity contribution in [3.05, 3.63) is 65.0 Å². The van der Waals surface area contributed by atoms with Gasteiger partial charge in [-0.3, -0.25) is 0 Å². The van der Waals surface area contributed by atoms with Gasteiger partial charge in [0.15, 0.2) is 10.8 Å². The predicted octanol–water partition coefficient (Wildman–Crippen LogP) is 5.15. The molecule has 120 valence electrons. The van der Waals surface area contributed by atoms with Crippen molar-refractivity contribution in [3.8, 4) is 16.5 Å². The van der Waals surface area contributed by atoms with Gasteiger partial charge >= 0.3 is 0 Å². The molecule has 4 rings (SSSR count). The number of aryl methyl sites for hydroxylation is 2. The quantitative estimate of drug-likeness (QED) is 0.517. The van der Waals surface area contributed by atoms with Gasteiger partial charge in [-0.15, -0.1) is 11.3 Å². The number of thiazole rings is 1. The van der Waals surface area contributed by atoms with Gasteiger partial charge in [0.2, 0.25) is 0 Å². The maximum atomic E-state index is 5.97. The lowest BCUT2D eigenvalue weighted by Gasteiger charge is -2.08. The topological polar surface area (TPSA) is 48.2 Å². The summed E-state index contributed by atoms with van der Waals surface area (Å²) < 4.78 is 11.6. The summed E-state index contributed by atoms with van der Waals surface area (Å²) in [5.74, 6) is 2.46. The van der Waals surface area contributed by atoms with Gasteiger partial charge in [-0.05, 0) is 38.1 Å². The molecular weight excluding hydrogens is 320 g/mol. The molecule has 0 radical (unpaired) electrons. The van der Waals surface area contributed by atoms with E-state index in [9.17, 15) is 0 Å². The van der Waals surface area contributed by atoms with Gasteiger partial charge in [0.1, 0.15) is 23.6 Å². The molecule has 4 nitrogen and oxygen atoms in total. The highest BCUT2D eigenvalue weighted by Gasteiger charge is 2.10. The number of fused-ring (bicyclic) bond motifs is 1. The number of rotatable bonds is 4.